The number of benzene rings is 1. The molecular weight excluding hydrogens is 229 g/mol. The molecule has 0 fully saturated rings. The minimum absolute atomic E-state index is 0.263. The van der Waals surface area contributed by atoms with Crippen molar-refractivity contribution >= 4 is 5.84 Å². The monoisotopic (exact) mass is 249 g/mol. The van der Waals surface area contributed by atoms with Gasteiger partial charge in [-0.3, -0.25) is 5.41 Å². The molecule has 1 unspecified atom stereocenters. The molecule has 1 N–H and O–H groups in total. The lowest BCUT2D eigenvalue weighted by Gasteiger charge is -2.27. The van der Waals surface area contributed by atoms with Crippen LogP contribution in [-0.2, 0) is 6.54 Å². The van der Waals surface area contributed by atoms with Gasteiger partial charge in [0.15, 0.2) is 0 Å². The highest BCUT2D eigenvalue weighted by Gasteiger charge is 2.27. The smallest absolute Gasteiger partial charge is 0.129 e. The minimum Gasteiger partial charge on any atom is -0.349 e. The summed E-state index contributed by atoms with van der Waals surface area (Å²) in [5, 5.41) is 8.15. The van der Waals surface area contributed by atoms with Gasteiger partial charge in [0.05, 0.1) is 0 Å². The van der Waals surface area contributed by atoms with Crippen molar-refractivity contribution in [1.82, 2.24) is 9.80 Å². The fourth-order valence-corrected chi connectivity index (χ4v) is 2.30. The predicted octanol–water partition coefficient (Wildman–Crippen LogP) is 2.31. The molecule has 1 aromatic carbocycles. The Balaban J connectivity index is 2.09. The summed E-state index contributed by atoms with van der Waals surface area (Å²) in [6, 6.07) is 5.03. The third kappa shape index (κ3) is 2.53. The molecule has 98 valence electrons. The molecule has 1 heterocycles. The van der Waals surface area contributed by atoms with E-state index in [4.69, 9.17) is 5.41 Å². The number of nitrogens with zero attached hydrogens (tertiary/aromatic N) is 2. The van der Waals surface area contributed by atoms with Gasteiger partial charge in [-0.25, -0.2) is 4.39 Å². The fourth-order valence-electron chi connectivity index (χ4n) is 2.30. The number of amidine groups is 1. The van der Waals surface area contributed by atoms with Gasteiger partial charge >= 0.3 is 0 Å². The first-order valence-electron chi connectivity index (χ1n) is 6.27. The SMILES string of the molecule is CC(CCN(C)C)N1Cc2ccc(F)cc2C1=N. The number of hydrogen-bond acceptors (Lipinski definition) is 2. The topological polar surface area (TPSA) is 30.3 Å². The Hall–Kier alpha value is -1.42. The molecule has 1 aliphatic rings. The Bertz CT molecular complexity index is 456. The lowest BCUT2D eigenvalue weighted by Crippen LogP contribution is -2.35. The van der Waals surface area contributed by atoms with Crippen LogP contribution in [0.2, 0.25) is 0 Å². The van der Waals surface area contributed by atoms with E-state index in [1.165, 1.54) is 12.1 Å². The van der Waals surface area contributed by atoms with E-state index in [0.29, 0.717) is 11.9 Å². The van der Waals surface area contributed by atoms with Gasteiger partial charge in [-0.1, -0.05) is 6.07 Å². The Morgan fingerprint density at radius 2 is 2.17 bits per heavy atom. The number of fused-ring (bicyclic) bond motifs is 1. The van der Waals surface area contributed by atoms with Crippen molar-refractivity contribution in [3.05, 3.63) is 35.1 Å². The molecule has 0 saturated heterocycles. The second kappa shape index (κ2) is 5.06. The van der Waals surface area contributed by atoms with Gasteiger partial charge in [0.25, 0.3) is 0 Å². The highest BCUT2D eigenvalue weighted by molar-refractivity contribution is 6.00. The second-order valence-corrected chi connectivity index (χ2v) is 5.22. The molecule has 0 radical (unpaired) electrons. The predicted molar refractivity (Wildman–Crippen MR) is 71.4 cm³/mol. The summed E-state index contributed by atoms with van der Waals surface area (Å²) >= 11 is 0. The maximum atomic E-state index is 13.2. The Morgan fingerprint density at radius 3 is 2.83 bits per heavy atom. The Morgan fingerprint density at radius 1 is 1.44 bits per heavy atom. The van der Waals surface area contributed by atoms with Gasteiger partial charge < -0.3 is 9.80 Å². The zero-order valence-electron chi connectivity index (χ0n) is 11.2. The average molecular weight is 249 g/mol. The molecule has 0 aromatic heterocycles. The van der Waals surface area contributed by atoms with Gasteiger partial charge in [-0.2, -0.15) is 0 Å². The van der Waals surface area contributed by atoms with Crippen molar-refractivity contribution in [3.63, 3.8) is 0 Å². The van der Waals surface area contributed by atoms with Crippen molar-refractivity contribution in [2.24, 2.45) is 0 Å². The molecule has 0 amide bonds. The van der Waals surface area contributed by atoms with Gasteiger partial charge in [-0.05, 0) is 51.7 Å². The third-order valence-electron chi connectivity index (χ3n) is 3.48. The first-order chi connectivity index (χ1) is 8.49. The van der Waals surface area contributed by atoms with Gasteiger partial charge in [0.1, 0.15) is 11.7 Å². The molecule has 4 heteroatoms. The molecule has 1 aliphatic heterocycles. The summed E-state index contributed by atoms with van der Waals surface area (Å²) in [6.45, 7) is 3.85. The van der Waals surface area contributed by atoms with E-state index in [9.17, 15) is 4.39 Å². The fraction of sp³-hybridized carbons (Fsp3) is 0.500. The van der Waals surface area contributed by atoms with Crippen LogP contribution in [0.4, 0.5) is 4.39 Å². The molecular formula is C14H20FN3. The molecule has 0 bridgehead atoms. The van der Waals surface area contributed by atoms with Crippen molar-refractivity contribution < 1.29 is 4.39 Å². The molecule has 1 aromatic rings. The molecule has 2 rings (SSSR count). The number of hydrogen-bond donors (Lipinski definition) is 1. The van der Waals surface area contributed by atoms with E-state index in [2.05, 4.69) is 11.8 Å². The lowest BCUT2D eigenvalue weighted by atomic mass is 10.1. The van der Waals surface area contributed by atoms with E-state index in [1.54, 1.807) is 6.07 Å². The Labute approximate surface area is 108 Å². The van der Waals surface area contributed by atoms with E-state index in [1.807, 2.05) is 19.0 Å². The van der Waals surface area contributed by atoms with Crippen molar-refractivity contribution in [2.45, 2.75) is 25.9 Å². The molecule has 3 nitrogen and oxygen atoms in total. The first kappa shape index (κ1) is 13.0. The summed E-state index contributed by atoms with van der Waals surface area (Å²) in [7, 11) is 4.10. The maximum absolute atomic E-state index is 13.2. The van der Waals surface area contributed by atoms with Crippen molar-refractivity contribution in [2.75, 3.05) is 20.6 Å². The first-order valence-corrected chi connectivity index (χ1v) is 6.27. The van der Waals surface area contributed by atoms with Crippen LogP contribution in [0.25, 0.3) is 0 Å². The number of halogens is 1. The minimum atomic E-state index is -0.263. The summed E-state index contributed by atoms with van der Waals surface area (Å²) in [5.41, 5.74) is 1.80. The standard InChI is InChI=1S/C14H20FN3/c1-10(6-7-17(2)3)18-9-11-4-5-12(15)8-13(11)14(18)16/h4-5,8,10,16H,6-7,9H2,1-3H3. The maximum Gasteiger partial charge on any atom is 0.129 e. The normalized spacial score (nSPS) is 16.3. The number of nitrogens with one attached hydrogen (secondary N) is 1. The zero-order chi connectivity index (χ0) is 13.3. The van der Waals surface area contributed by atoms with E-state index in [-0.39, 0.29) is 5.82 Å². The van der Waals surface area contributed by atoms with E-state index in [0.717, 1.165) is 30.6 Å². The van der Waals surface area contributed by atoms with E-state index >= 15 is 0 Å². The largest absolute Gasteiger partial charge is 0.349 e. The quantitative estimate of drug-likeness (QED) is 0.887. The molecule has 0 spiro atoms. The Kier molecular flexibility index (Phi) is 3.66. The van der Waals surface area contributed by atoms with Gasteiger partial charge in [0, 0.05) is 18.2 Å². The summed E-state index contributed by atoms with van der Waals surface area (Å²) in [5.74, 6) is 0.192. The summed E-state index contributed by atoms with van der Waals surface area (Å²) in [6.07, 6.45) is 1.01. The zero-order valence-corrected chi connectivity index (χ0v) is 11.2. The van der Waals surface area contributed by atoms with Gasteiger partial charge in [0.2, 0.25) is 0 Å². The molecule has 1 atom stereocenters. The summed E-state index contributed by atoms with van der Waals surface area (Å²) in [4.78, 5) is 4.19. The van der Waals surface area contributed by atoms with Gasteiger partial charge in [-0.15, -0.1) is 0 Å². The molecule has 0 aliphatic carbocycles. The van der Waals surface area contributed by atoms with Crippen LogP contribution < -0.4 is 0 Å². The third-order valence-corrected chi connectivity index (χ3v) is 3.48. The molecule has 18 heavy (non-hydrogen) atoms. The van der Waals surface area contributed by atoms with Crippen LogP contribution >= 0.6 is 0 Å². The summed E-state index contributed by atoms with van der Waals surface area (Å²) < 4.78 is 13.2. The van der Waals surface area contributed by atoms with Crippen LogP contribution in [0, 0.1) is 11.2 Å². The lowest BCUT2D eigenvalue weighted by molar-refractivity contribution is 0.281. The van der Waals surface area contributed by atoms with Crippen LogP contribution in [-0.4, -0.2) is 42.3 Å². The van der Waals surface area contributed by atoms with Crippen LogP contribution in [0.15, 0.2) is 18.2 Å². The van der Waals surface area contributed by atoms with Crippen LogP contribution in [0.5, 0.6) is 0 Å². The van der Waals surface area contributed by atoms with E-state index < -0.39 is 0 Å². The van der Waals surface area contributed by atoms with Crippen molar-refractivity contribution in [1.29, 1.82) is 5.41 Å². The van der Waals surface area contributed by atoms with Crippen molar-refractivity contribution in [3.8, 4) is 0 Å². The second-order valence-electron chi connectivity index (χ2n) is 5.22. The highest BCUT2D eigenvalue weighted by Crippen LogP contribution is 2.26. The van der Waals surface area contributed by atoms with Crippen LogP contribution in [0.1, 0.15) is 24.5 Å². The average Bonchev–Trinajstić information content (AvgIpc) is 2.64. The number of rotatable bonds is 4. The highest BCUT2D eigenvalue weighted by atomic mass is 19.1. The van der Waals surface area contributed by atoms with Crippen LogP contribution in [0.3, 0.4) is 0 Å². The molecule has 0 saturated carbocycles.